The first-order valence-electron chi connectivity index (χ1n) is 5.48. The first-order valence-corrected chi connectivity index (χ1v) is 6.27. The molecule has 1 aromatic heterocycles. The van der Waals surface area contributed by atoms with E-state index in [-0.39, 0.29) is 0 Å². The fourth-order valence-electron chi connectivity index (χ4n) is 1.79. The van der Waals surface area contributed by atoms with Crippen LogP contribution >= 0.6 is 15.9 Å². The van der Waals surface area contributed by atoms with E-state index in [1.807, 2.05) is 6.07 Å². The highest BCUT2D eigenvalue weighted by Gasteiger charge is 2.13. The summed E-state index contributed by atoms with van der Waals surface area (Å²) in [4.78, 5) is 4.25. The van der Waals surface area contributed by atoms with Crippen LogP contribution in [0.25, 0.3) is 0 Å². The van der Waals surface area contributed by atoms with E-state index in [9.17, 15) is 0 Å². The van der Waals surface area contributed by atoms with Gasteiger partial charge in [0.05, 0.1) is 5.69 Å². The van der Waals surface area contributed by atoms with Crippen LogP contribution < -0.4 is 11.1 Å². The summed E-state index contributed by atoms with van der Waals surface area (Å²) in [6.07, 6.45) is 3.98. The Bertz CT molecular complexity index is 353. The second-order valence-electron chi connectivity index (χ2n) is 4.03. The number of nitrogen functional groups attached to an aromatic ring is 1. The molecular weight excluding hydrogens is 270 g/mol. The van der Waals surface area contributed by atoms with Crippen molar-refractivity contribution in [1.29, 1.82) is 0 Å². The van der Waals surface area contributed by atoms with Crippen molar-refractivity contribution in [3.8, 4) is 0 Å². The molecule has 0 atom stereocenters. The van der Waals surface area contributed by atoms with Gasteiger partial charge in [-0.15, -0.1) is 0 Å². The van der Waals surface area contributed by atoms with E-state index in [0.29, 0.717) is 11.6 Å². The lowest BCUT2D eigenvalue weighted by Crippen LogP contribution is -2.23. The van der Waals surface area contributed by atoms with Gasteiger partial charge >= 0.3 is 0 Å². The second-order valence-corrected chi connectivity index (χ2v) is 4.94. The monoisotopic (exact) mass is 285 g/mol. The minimum absolute atomic E-state index is 0.665. The van der Waals surface area contributed by atoms with Crippen LogP contribution in [-0.4, -0.2) is 24.7 Å². The summed E-state index contributed by atoms with van der Waals surface area (Å²) in [5.74, 6) is 1.44. The largest absolute Gasteiger partial charge is 0.396 e. The molecule has 1 fully saturated rings. The molecule has 0 amide bonds. The van der Waals surface area contributed by atoms with Crippen LogP contribution in [0.2, 0.25) is 0 Å². The molecule has 16 heavy (non-hydrogen) atoms. The van der Waals surface area contributed by atoms with E-state index in [0.717, 1.165) is 42.9 Å². The topological polar surface area (TPSA) is 60.2 Å². The van der Waals surface area contributed by atoms with E-state index in [4.69, 9.17) is 10.5 Å². The second kappa shape index (κ2) is 5.50. The molecule has 4 nitrogen and oxygen atoms in total. The lowest BCUT2D eigenvalue weighted by atomic mass is 10.0. The van der Waals surface area contributed by atoms with Gasteiger partial charge < -0.3 is 15.8 Å². The van der Waals surface area contributed by atoms with Crippen LogP contribution in [0.1, 0.15) is 12.8 Å². The third kappa shape index (κ3) is 3.09. The summed E-state index contributed by atoms with van der Waals surface area (Å²) in [6, 6.07) is 1.86. The average molecular weight is 286 g/mol. The number of anilines is 2. The van der Waals surface area contributed by atoms with Crippen LogP contribution in [0, 0.1) is 5.92 Å². The summed E-state index contributed by atoms with van der Waals surface area (Å²) in [5, 5.41) is 3.30. The predicted octanol–water partition coefficient (Wildman–Crippen LogP) is 2.26. The fourth-order valence-corrected chi connectivity index (χ4v) is 2.14. The summed E-state index contributed by atoms with van der Waals surface area (Å²) in [5.41, 5.74) is 6.54. The molecule has 3 N–H and O–H groups in total. The summed E-state index contributed by atoms with van der Waals surface area (Å²) >= 11 is 3.34. The molecule has 2 heterocycles. The van der Waals surface area contributed by atoms with E-state index in [1.54, 1.807) is 6.20 Å². The molecular formula is C11H16BrN3O. The van der Waals surface area contributed by atoms with E-state index < -0.39 is 0 Å². The lowest BCUT2D eigenvalue weighted by Gasteiger charge is -2.22. The van der Waals surface area contributed by atoms with Crippen molar-refractivity contribution in [2.75, 3.05) is 30.8 Å². The Balaban J connectivity index is 1.88. The third-order valence-corrected chi connectivity index (χ3v) is 3.22. The highest BCUT2D eigenvalue weighted by atomic mass is 79.9. The third-order valence-electron chi connectivity index (χ3n) is 2.78. The Kier molecular flexibility index (Phi) is 4.01. The number of rotatable bonds is 3. The number of ether oxygens (including phenoxy) is 1. The zero-order valence-corrected chi connectivity index (χ0v) is 10.7. The van der Waals surface area contributed by atoms with Gasteiger partial charge in [-0.25, -0.2) is 4.98 Å². The summed E-state index contributed by atoms with van der Waals surface area (Å²) < 4.78 is 6.22. The first-order chi connectivity index (χ1) is 7.75. The van der Waals surface area contributed by atoms with Crippen molar-refractivity contribution in [3.05, 3.63) is 16.7 Å². The minimum Gasteiger partial charge on any atom is -0.396 e. The molecule has 1 aliphatic heterocycles. The number of hydrogen-bond donors (Lipinski definition) is 2. The summed E-state index contributed by atoms with van der Waals surface area (Å²) in [7, 11) is 0. The molecule has 0 bridgehead atoms. The number of pyridine rings is 1. The minimum atomic E-state index is 0.665. The van der Waals surface area contributed by atoms with Gasteiger partial charge in [0.15, 0.2) is 0 Å². The maximum absolute atomic E-state index is 5.86. The zero-order valence-electron chi connectivity index (χ0n) is 9.08. The molecule has 0 spiro atoms. The highest BCUT2D eigenvalue weighted by molar-refractivity contribution is 9.10. The SMILES string of the molecule is Nc1cc(Br)cnc1NCC1CCOCC1. The van der Waals surface area contributed by atoms with E-state index >= 15 is 0 Å². The molecule has 0 aliphatic carbocycles. The van der Waals surface area contributed by atoms with Crippen molar-refractivity contribution in [1.82, 2.24) is 4.98 Å². The molecule has 0 aromatic carbocycles. The molecule has 0 radical (unpaired) electrons. The summed E-state index contributed by atoms with van der Waals surface area (Å²) in [6.45, 7) is 2.66. The van der Waals surface area contributed by atoms with Crippen LogP contribution in [0.15, 0.2) is 16.7 Å². The maximum atomic E-state index is 5.86. The Morgan fingerprint density at radius 1 is 1.50 bits per heavy atom. The van der Waals surface area contributed by atoms with Gasteiger partial charge in [0, 0.05) is 30.4 Å². The number of nitrogens with zero attached hydrogens (tertiary/aromatic N) is 1. The van der Waals surface area contributed by atoms with Crippen molar-refractivity contribution >= 4 is 27.4 Å². The molecule has 0 saturated carbocycles. The van der Waals surface area contributed by atoms with Crippen LogP contribution in [-0.2, 0) is 4.74 Å². The lowest BCUT2D eigenvalue weighted by molar-refractivity contribution is 0.0699. The molecule has 1 aliphatic rings. The van der Waals surface area contributed by atoms with Gasteiger partial charge in [0.25, 0.3) is 0 Å². The van der Waals surface area contributed by atoms with Crippen molar-refractivity contribution < 1.29 is 4.74 Å². The van der Waals surface area contributed by atoms with Gasteiger partial charge in [0.2, 0.25) is 0 Å². The Morgan fingerprint density at radius 2 is 2.25 bits per heavy atom. The van der Waals surface area contributed by atoms with Crippen molar-refractivity contribution in [2.24, 2.45) is 5.92 Å². The van der Waals surface area contributed by atoms with Gasteiger partial charge in [-0.1, -0.05) is 0 Å². The first kappa shape index (κ1) is 11.7. The molecule has 1 aromatic rings. The number of aromatic nitrogens is 1. The molecule has 88 valence electrons. The van der Waals surface area contributed by atoms with Gasteiger partial charge in [-0.05, 0) is 40.8 Å². The van der Waals surface area contributed by atoms with E-state index in [2.05, 4.69) is 26.2 Å². The predicted molar refractivity (Wildman–Crippen MR) is 68.4 cm³/mol. The molecule has 5 heteroatoms. The van der Waals surface area contributed by atoms with E-state index in [1.165, 1.54) is 0 Å². The Morgan fingerprint density at radius 3 is 2.94 bits per heavy atom. The normalized spacial score (nSPS) is 17.3. The maximum Gasteiger partial charge on any atom is 0.149 e. The van der Waals surface area contributed by atoms with Crippen LogP contribution in [0.4, 0.5) is 11.5 Å². The van der Waals surface area contributed by atoms with Gasteiger partial charge in [-0.3, -0.25) is 0 Å². The number of hydrogen-bond acceptors (Lipinski definition) is 4. The number of halogens is 1. The molecule has 2 rings (SSSR count). The Labute approximate surface area is 104 Å². The van der Waals surface area contributed by atoms with Crippen molar-refractivity contribution in [2.45, 2.75) is 12.8 Å². The Hall–Kier alpha value is -0.810. The fraction of sp³-hybridized carbons (Fsp3) is 0.545. The van der Waals surface area contributed by atoms with Crippen LogP contribution in [0.5, 0.6) is 0 Å². The molecule has 0 unspecified atom stereocenters. The van der Waals surface area contributed by atoms with Gasteiger partial charge in [-0.2, -0.15) is 0 Å². The number of nitrogens with one attached hydrogen (secondary N) is 1. The smallest absolute Gasteiger partial charge is 0.149 e. The van der Waals surface area contributed by atoms with Gasteiger partial charge in [0.1, 0.15) is 5.82 Å². The molecule has 1 saturated heterocycles. The number of nitrogens with two attached hydrogens (primary N) is 1. The quantitative estimate of drug-likeness (QED) is 0.894. The van der Waals surface area contributed by atoms with Crippen molar-refractivity contribution in [3.63, 3.8) is 0 Å². The average Bonchev–Trinajstić information content (AvgIpc) is 2.29. The van der Waals surface area contributed by atoms with Crippen LogP contribution in [0.3, 0.4) is 0 Å². The standard InChI is InChI=1S/C11H16BrN3O/c12-9-5-10(13)11(15-7-9)14-6-8-1-3-16-4-2-8/h5,7-8H,1-4,6,13H2,(H,14,15). The zero-order chi connectivity index (χ0) is 11.4. The highest BCUT2D eigenvalue weighted by Crippen LogP contribution is 2.21.